The van der Waals surface area contributed by atoms with Crippen LogP contribution >= 0.6 is 0 Å². The third kappa shape index (κ3) is 14.3. The zero-order valence-electron chi connectivity index (χ0n) is 21.9. The minimum absolute atomic E-state index is 0.0770. The van der Waals surface area contributed by atoms with E-state index < -0.39 is 0 Å². The van der Waals surface area contributed by atoms with Crippen molar-refractivity contribution in [3.63, 3.8) is 0 Å². The molecule has 0 aromatic carbocycles. The summed E-state index contributed by atoms with van der Waals surface area (Å²) in [7, 11) is 0. The summed E-state index contributed by atoms with van der Waals surface area (Å²) in [5.74, 6) is 8.40. The molecule has 0 aromatic rings. The van der Waals surface area contributed by atoms with Crippen molar-refractivity contribution in [2.75, 3.05) is 19.6 Å². The van der Waals surface area contributed by atoms with Gasteiger partial charge in [-0.1, -0.05) is 97.3 Å². The van der Waals surface area contributed by atoms with Crippen LogP contribution in [-0.4, -0.2) is 36.7 Å². The van der Waals surface area contributed by atoms with Crippen molar-refractivity contribution in [1.29, 1.82) is 0 Å². The number of hydrogen-bond acceptors (Lipinski definition) is 2. The molecule has 1 rings (SSSR count). The summed E-state index contributed by atoms with van der Waals surface area (Å²) in [5, 5.41) is 0. The second-order valence-corrected chi connectivity index (χ2v) is 10.1. The average molecular weight is 434 g/mol. The van der Waals surface area contributed by atoms with Crippen molar-refractivity contribution in [1.82, 2.24) is 4.90 Å². The Labute approximate surface area is 196 Å². The normalized spacial score (nSPS) is 17.5. The highest BCUT2D eigenvalue weighted by atomic mass is 16.5. The molecule has 0 N–H and O–H groups in total. The van der Waals surface area contributed by atoms with Crippen molar-refractivity contribution in [3.05, 3.63) is 0 Å². The van der Waals surface area contributed by atoms with Gasteiger partial charge >= 0.3 is 0 Å². The van der Waals surface area contributed by atoms with Gasteiger partial charge in [-0.25, -0.2) is 0 Å². The van der Waals surface area contributed by atoms with Crippen LogP contribution in [0.2, 0.25) is 0 Å². The molecule has 1 fully saturated rings. The fourth-order valence-corrected chi connectivity index (χ4v) is 5.01. The maximum absolute atomic E-state index is 6.32. The molecule has 2 nitrogen and oxygen atoms in total. The molecule has 2 atom stereocenters. The monoisotopic (exact) mass is 433 g/mol. The SMILES string of the molecule is CCCCCCC(CCCCC)CN1CCC(O[C@H](C)C#CC(CCC)CCC)CC1. The maximum atomic E-state index is 6.32. The Kier molecular flexibility index (Phi) is 17.5. The molecule has 1 saturated heterocycles. The summed E-state index contributed by atoms with van der Waals surface area (Å²) in [4.78, 5) is 2.73. The molecule has 1 heterocycles. The van der Waals surface area contributed by atoms with Gasteiger partial charge < -0.3 is 9.64 Å². The Morgan fingerprint density at radius 2 is 1.32 bits per heavy atom. The number of likely N-dealkylation sites (tertiary alicyclic amines) is 1. The van der Waals surface area contributed by atoms with Crippen molar-refractivity contribution >= 4 is 0 Å². The minimum Gasteiger partial charge on any atom is -0.362 e. The fourth-order valence-electron chi connectivity index (χ4n) is 5.01. The van der Waals surface area contributed by atoms with E-state index in [1.807, 2.05) is 0 Å². The van der Waals surface area contributed by atoms with Gasteiger partial charge in [0.05, 0.1) is 6.10 Å². The van der Waals surface area contributed by atoms with E-state index in [1.54, 1.807) is 0 Å². The minimum atomic E-state index is 0.0770. The van der Waals surface area contributed by atoms with Gasteiger partial charge in [0, 0.05) is 25.6 Å². The first-order valence-electron chi connectivity index (χ1n) is 14.0. The molecular formula is C29H55NO. The zero-order valence-corrected chi connectivity index (χ0v) is 21.9. The van der Waals surface area contributed by atoms with Crippen LogP contribution in [0.1, 0.15) is 131 Å². The van der Waals surface area contributed by atoms with Crippen LogP contribution < -0.4 is 0 Å². The predicted octanol–water partition coefficient (Wildman–Crippen LogP) is 8.24. The van der Waals surface area contributed by atoms with Crippen molar-refractivity contribution in [2.45, 2.75) is 143 Å². The number of nitrogens with zero attached hydrogens (tertiary/aromatic N) is 1. The Hall–Kier alpha value is -0.520. The molecule has 0 bridgehead atoms. The Bertz CT molecular complexity index is 451. The first-order valence-corrected chi connectivity index (χ1v) is 14.0. The predicted molar refractivity (Wildman–Crippen MR) is 137 cm³/mol. The van der Waals surface area contributed by atoms with Crippen LogP contribution in [0.5, 0.6) is 0 Å². The summed E-state index contributed by atoms with van der Waals surface area (Å²) in [6, 6.07) is 0. The van der Waals surface area contributed by atoms with Gasteiger partial charge in [-0.2, -0.15) is 0 Å². The van der Waals surface area contributed by atoms with Gasteiger partial charge in [0.1, 0.15) is 6.10 Å². The highest BCUT2D eigenvalue weighted by molar-refractivity contribution is 5.07. The lowest BCUT2D eigenvalue weighted by atomic mass is 9.93. The van der Waals surface area contributed by atoms with Gasteiger partial charge in [-0.3, -0.25) is 0 Å². The molecule has 1 unspecified atom stereocenters. The number of unbranched alkanes of at least 4 members (excludes halogenated alkanes) is 5. The molecule has 31 heavy (non-hydrogen) atoms. The van der Waals surface area contributed by atoms with Crippen LogP contribution in [-0.2, 0) is 4.74 Å². The van der Waals surface area contributed by atoms with Gasteiger partial charge in [0.25, 0.3) is 0 Å². The average Bonchev–Trinajstić information content (AvgIpc) is 2.76. The van der Waals surface area contributed by atoms with Crippen LogP contribution in [0.4, 0.5) is 0 Å². The molecule has 1 aliphatic heterocycles. The van der Waals surface area contributed by atoms with Gasteiger partial charge in [-0.15, -0.1) is 0 Å². The second-order valence-electron chi connectivity index (χ2n) is 10.1. The summed E-state index contributed by atoms with van der Waals surface area (Å²) < 4.78 is 6.32. The van der Waals surface area contributed by atoms with E-state index in [1.165, 1.54) is 116 Å². The molecular weight excluding hydrogens is 378 g/mol. The lowest BCUT2D eigenvalue weighted by molar-refractivity contribution is -0.0146. The molecule has 0 radical (unpaired) electrons. The Balaban J connectivity index is 2.37. The smallest absolute Gasteiger partial charge is 0.115 e. The number of rotatable bonds is 17. The van der Waals surface area contributed by atoms with Crippen LogP contribution in [0, 0.1) is 23.7 Å². The highest BCUT2D eigenvalue weighted by Crippen LogP contribution is 2.23. The van der Waals surface area contributed by atoms with Crippen molar-refractivity contribution in [3.8, 4) is 11.8 Å². The number of ether oxygens (including phenoxy) is 1. The number of hydrogen-bond donors (Lipinski definition) is 0. The van der Waals surface area contributed by atoms with E-state index in [-0.39, 0.29) is 6.10 Å². The molecule has 0 amide bonds. The van der Waals surface area contributed by atoms with E-state index in [2.05, 4.69) is 51.4 Å². The topological polar surface area (TPSA) is 12.5 Å². The Morgan fingerprint density at radius 1 is 0.742 bits per heavy atom. The largest absolute Gasteiger partial charge is 0.362 e. The molecule has 0 aromatic heterocycles. The molecule has 2 heteroatoms. The van der Waals surface area contributed by atoms with Crippen LogP contribution in [0.25, 0.3) is 0 Å². The Morgan fingerprint density at radius 3 is 1.90 bits per heavy atom. The summed E-state index contributed by atoms with van der Waals surface area (Å²) >= 11 is 0. The molecule has 0 saturated carbocycles. The second kappa shape index (κ2) is 19.0. The summed E-state index contributed by atoms with van der Waals surface area (Å²) in [6.45, 7) is 15.0. The number of piperidine rings is 1. The first kappa shape index (κ1) is 28.5. The van der Waals surface area contributed by atoms with Gasteiger partial charge in [0.2, 0.25) is 0 Å². The lowest BCUT2D eigenvalue weighted by Gasteiger charge is -2.35. The van der Waals surface area contributed by atoms with E-state index in [9.17, 15) is 0 Å². The van der Waals surface area contributed by atoms with Crippen molar-refractivity contribution < 1.29 is 4.74 Å². The summed E-state index contributed by atoms with van der Waals surface area (Å²) in [5.41, 5.74) is 0. The molecule has 0 spiro atoms. The van der Waals surface area contributed by atoms with Gasteiger partial charge in [-0.05, 0) is 51.4 Å². The van der Waals surface area contributed by atoms with E-state index in [4.69, 9.17) is 4.74 Å². The highest BCUT2D eigenvalue weighted by Gasteiger charge is 2.23. The third-order valence-electron chi connectivity index (χ3n) is 6.89. The van der Waals surface area contributed by atoms with Crippen LogP contribution in [0.3, 0.4) is 0 Å². The van der Waals surface area contributed by atoms with E-state index >= 15 is 0 Å². The van der Waals surface area contributed by atoms with E-state index in [0.717, 1.165) is 5.92 Å². The standard InChI is InChI=1S/C29H55NO/c1-6-10-12-14-18-28(17-13-11-7-2)25-30-23-21-29(22-24-30)31-26(5)19-20-27(15-8-3)16-9-4/h26-29H,6-18,21-25H2,1-5H3/t26-,28?/m1/s1. The molecule has 0 aliphatic carbocycles. The molecule has 1 aliphatic rings. The molecule has 182 valence electrons. The van der Waals surface area contributed by atoms with E-state index in [0.29, 0.717) is 12.0 Å². The lowest BCUT2D eigenvalue weighted by Crippen LogP contribution is -2.40. The fraction of sp³-hybridized carbons (Fsp3) is 0.931. The first-order chi connectivity index (χ1) is 15.1. The van der Waals surface area contributed by atoms with Gasteiger partial charge in [0.15, 0.2) is 0 Å². The third-order valence-corrected chi connectivity index (χ3v) is 6.89. The maximum Gasteiger partial charge on any atom is 0.115 e. The van der Waals surface area contributed by atoms with Crippen LogP contribution in [0.15, 0.2) is 0 Å². The zero-order chi connectivity index (χ0) is 22.7. The summed E-state index contributed by atoms with van der Waals surface area (Å²) in [6.07, 6.45) is 20.4. The quantitative estimate of drug-likeness (QED) is 0.169. The van der Waals surface area contributed by atoms with Crippen molar-refractivity contribution in [2.24, 2.45) is 11.8 Å².